The van der Waals surface area contributed by atoms with E-state index < -0.39 is 0 Å². The van der Waals surface area contributed by atoms with Crippen LogP contribution in [0.3, 0.4) is 0 Å². The lowest BCUT2D eigenvalue weighted by molar-refractivity contribution is 0.0902. The number of aromatic nitrogens is 1. The molecule has 1 aromatic heterocycles. The highest BCUT2D eigenvalue weighted by molar-refractivity contribution is 6.32. The summed E-state index contributed by atoms with van der Waals surface area (Å²) in [7, 11) is 0. The molecule has 23 heavy (non-hydrogen) atoms. The normalized spacial score (nSPS) is 20.6. The van der Waals surface area contributed by atoms with Crippen molar-refractivity contribution in [2.45, 2.75) is 32.9 Å². The van der Waals surface area contributed by atoms with Crippen LogP contribution in [-0.2, 0) is 6.54 Å². The molecule has 0 aliphatic carbocycles. The van der Waals surface area contributed by atoms with E-state index in [1.807, 2.05) is 24.4 Å². The second kappa shape index (κ2) is 8.00. The first-order valence-electron chi connectivity index (χ1n) is 7.47. The van der Waals surface area contributed by atoms with Gasteiger partial charge in [-0.05, 0) is 24.0 Å². The monoisotopic (exact) mass is 375 g/mol. The summed E-state index contributed by atoms with van der Waals surface area (Å²) >= 11 is 6.43. The third-order valence-electron chi connectivity index (χ3n) is 4.60. The summed E-state index contributed by atoms with van der Waals surface area (Å²) in [5.41, 5.74) is 8.50. The van der Waals surface area contributed by atoms with Crippen molar-refractivity contribution in [3.8, 4) is 0 Å². The fourth-order valence-corrected chi connectivity index (χ4v) is 3.39. The Morgan fingerprint density at radius 3 is 2.74 bits per heavy atom. The number of fused-ring (bicyclic) bond motifs is 1. The molecule has 2 aromatic rings. The van der Waals surface area contributed by atoms with Gasteiger partial charge in [-0.25, -0.2) is 0 Å². The van der Waals surface area contributed by atoms with Gasteiger partial charge in [0, 0.05) is 47.8 Å². The van der Waals surface area contributed by atoms with Crippen molar-refractivity contribution in [3.05, 3.63) is 41.0 Å². The first-order chi connectivity index (χ1) is 9.97. The number of hydrogen-bond donors (Lipinski definition) is 1. The van der Waals surface area contributed by atoms with E-state index in [9.17, 15) is 0 Å². The predicted octanol–water partition coefficient (Wildman–Crippen LogP) is 4.29. The maximum Gasteiger partial charge on any atom is 0.0761 e. The van der Waals surface area contributed by atoms with Gasteiger partial charge < -0.3 is 5.73 Å². The van der Waals surface area contributed by atoms with Gasteiger partial charge in [0.05, 0.1) is 5.52 Å². The van der Waals surface area contributed by atoms with E-state index in [2.05, 4.69) is 29.8 Å². The number of likely N-dealkylation sites (tertiary alicyclic amines) is 1. The molecule has 1 fully saturated rings. The molecule has 6 heteroatoms. The first kappa shape index (κ1) is 20.5. The number of rotatable bonds is 2. The van der Waals surface area contributed by atoms with Crippen LogP contribution in [0, 0.1) is 5.41 Å². The lowest BCUT2D eigenvalue weighted by Crippen LogP contribution is -2.52. The van der Waals surface area contributed by atoms with Crippen LogP contribution in [0.4, 0.5) is 0 Å². The molecule has 128 valence electrons. The molecule has 1 aromatic carbocycles. The van der Waals surface area contributed by atoms with Crippen molar-refractivity contribution in [1.82, 2.24) is 9.88 Å². The van der Waals surface area contributed by atoms with Crippen molar-refractivity contribution in [2.24, 2.45) is 11.1 Å². The molecule has 0 spiro atoms. The Bertz CT molecular complexity index is 661. The highest BCUT2D eigenvalue weighted by Crippen LogP contribution is 2.31. The molecule has 1 atom stereocenters. The fourth-order valence-electron chi connectivity index (χ4n) is 3.18. The molecule has 3 rings (SSSR count). The number of halogens is 3. The third-order valence-corrected chi connectivity index (χ3v) is 4.95. The van der Waals surface area contributed by atoms with Gasteiger partial charge in [-0.2, -0.15) is 0 Å². The zero-order valence-electron chi connectivity index (χ0n) is 13.5. The van der Waals surface area contributed by atoms with Crippen LogP contribution in [0.15, 0.2) is 30.5 Å². The quantitative estimate of drug-likeness (QED) is 0.850. The molecule has 0 saturated carbocycles. The smallest absolute Gasteiger partial charge is 0.0761 e. The van der Waals surface area contributed by atoms with Crippen molar-refractivity contribution in [1.29, 1.82) is 0 Å². The highest BCUT2D eigenvalue weighted by Gasteiger charge is 2.33. The third kappa shape index (κ3) is 4.28. The van der Waals surface area contributed by atoms with Gasteiger partial charge in [0.2, 0.25) is 0 Å². The minimum absolute atomic E-state index is 0. The van der Waals surface area contributed by atoms with Gasteiger partial charge in [0.25, 0.3) is 0 Å². The van der Waals surface area contributed by atoms with Crippen LogP contribution in [0.5, 0.6) is 0 Å². The molecule has 3 nitrogen and oxygen atoms in total. The Morgan fingerprint density at radius 1 is 1.30 bits per heavy atom. The molecule has 1 aliphatic heterocycles. The van der Waals surface area contributed by atoms with E-state index in [-0.39, 0.29) is 36.3 Å². The van der Waals surface area contributed by atoms with Crippen molar-refractivity contribution >= 4 is 47.3 Å². The summed E-state index contributed by atoms with van der Waals surface area (Å²) < 4.78 is 0. The topological polar surface area (TPSA) is 42.2 Å². The van der Waals surface area contributed by atoms with Crippen molar-refractivity contribution in [3.63, 3.8) is 0 Å². The Labute approximate surface area is 155 Å². The molecule has 0 amide bonds. The van der Waals surface area contributed by atoms with E-state index >= 15 is 0 Å². The summed E-state index contributed by atoms with van der Waals surface area (Å²) in [6.07, 6.45) is 2.86. The predicted molar refractivity (Wildman–Crippen MR) is 103 cm³/mol. The van der Waals surface area contributed by atoms with Crippen LogP contribution >= 0.6 is 36.4 Å². The van der Waals surface area contributed by atoms with Gasteiger partial charge in [-0.1, -0.05) is 37.6 Å². The first-order valence-corrected chi connectivity index (χ1v) is 7.85. The summed E-state index contributed by atoms with van der Waals surface area (Å²) in [6.45, 7) is 7.33. The van der Waals surface area contributed by atoms with E-state index in [1.54, 1.807) is 0 Å². The summed E-state index contributed by atoms with van der Waals surface area (Å²) in [5, 5.41) is 1.94. The van der Waals surface area contributed by atoms with Gasteiger partial charge >= 0.3 is 0 Å². The largest absolute Gasteiger partial charge is 0.327 e. The molecule has 2 heterocycles. The lowest BCUT2D eigenvalue weighted by Gasteiger charge is -2.42. The minimum atomic E-state index is 0. The Kier molecular flexibility index (Phi) is 7.12. The van der Waals surface area contributed by atoms with Crippen LogP contribution in [0.2, 0.25) is 5.02 Å². The molecule has 2 N–H and O–H groups in total. The Hall–Kier alpha value is -0.580. The summed E-state index contributed by atoms with van der Waals surface area (Å²) in [6, 6.07) is 8.32. The maximum atomic E-state index is 6.43. The van der Waals surface area contributed by atoms with Crippen LogP contribution in [0.1, 0.15) is 25.8 Å². The second-order valence-electron chi connectivity index (χ2n) is 6.70. The zero-order valence-corrected chi connectivity index (χ0v) is 15.8. The number of hydrogen-bond acceptors (Lipinski definition) is 3. The van der Waals surface area contributed by atoms with Crippen molar-refractivity contribution in [2.75, 3.05) is 13.1 Å². The molecule has 0 bridgehead atoms. The highest BCUT2D eigenvalue weighted by atomic mass is 35.5. The summed E-state index contributed by atoms with van der Waals surface area (Å²) in [4.78, 5) is 6.97. The molecule has 1 saturated heterocycles. The number of pyridine rings is 1. The van der Waals surface area contributed by atoms with E-state index in [0.29, 0.717) is 0 Å². The van der Waals surface area contributed by atoms with E-state index in [1.165, 1.54) is 0 Å². The van der Waals surface area contributed by atoms with Gasteiger partial charge in [-0.3, -0.25) is 9.88 Å². The molecule has 0 radical (unpaired) electrons. The number of piperidine rings is 1. The van der Waals surface area contributed by atoms with Gasteiger partial charge in [0.15, 0.2) is 0 Å². The minimum Gasteiger partial charge on any atom is -0.327 e. The lowest BCUT2D eigenvalue weighted by atomic mass is 9.79. The average Bonchev–Trinajstić information content (AvgIpc) is 2.46. The van der Waals surface area contributed by atoms with Crippen LogP contribution in [-0.4, -0.2) is 29.0 Å². The van der Waals surface area contributed by atoms with Gasteiger partial charge in [-0.15, -0.1) is 24.8 Å². The standard InChI is InChI=1S/C17H22ClN3.2ClH/c1-17(2)11-21(9-7-15(17)19)10-13-14(18)6-5-12-4-3-8-20-16(12)13;;/h3-6,8,15H,7,9-11,19H2,1-2H3;2*1H. The van der Waals surface area contributed by atoms with Gasteiger partial charge in [0.1, 0.15) is 0 Å². The fraction of sp³-hybridized carbons (Fsp3) is 0.471. The van der Waals surface area contributed by atoms with Crippen LogP contribution < -0.4 is 5.73 Å². The molecule has 1 aliphatic rings. The van der Waals surface area contributed by atoms with Crippen molar-refractivity contribution < 1.29 is 0 Å². The number of nitrogens with zero attached hydrogens (tertiary/aromatic N) is 2. The van der Waals surface area contributed by atoms with E-state index in [4.69, 9.17) is 17.3 Å². The average molecular weight is 377 g/mol. The molecule has 1 unspecified atom stereocenters. The molecular weight excluding hydrogens is 353 g/mol. The Balaban J connectivity index is 0.00000132. The number of benzene rings is 1. The summed E-state index contributed by atoms with van der Waals surface area (Å²) in [5.74, 6) is 0. The zero-order chi connectivity index (χ0) is 15.0. The van der Waals surface area contributed by atoms with Crippen LogP contribution in [0.25, 0.3) is 10.9 Å². The number of nitrogens with two attached hydrogens (primary N) is 1. The SMILES string of the molecule is CC1(C)CN(Cc2c(Cl)ccc3cccnc23)CCC1N.Cl.Cl. The Morgan fingerprint density at radius 2 is 2.04 bits per heavy atom. The van der Waals surface area contributed by atoms with E-state index in [0.717, 1.165) is 47.5 Å². The second-order valence-corrected chi connectivity index (χ2v) is 7.10. The molecular formula is C17H24Cl3N3. The maximum absolute atomic E-state index is 6.43.